The molecule has 0 amide bonds. The highest BCUT2D eigenvalue weighted by Gasteiger charge is 2.30. The van der Waals surface area contributed by atoms with E-state index in [1.807, 2.05) is 10.9 Å². The van der Waals surface area contributed by atoms with Gasteiger partial charge in [-0.15, -0.1) is 0 Å². The summed E-state index contributed by atoms with van der Waals surface area (Å²) >= 11 is 0. The average molecular weight is 305 g/mol. The van der Waals surface area contributed by atoms with Gasteiger partial charge in [0.1, 0.15) is 5.69 Å². The summed E-state index contributed by atoms with van der Waals surface area (Å²) in [6, 6.07) is 7.04. The van der Waals surface area contributed by atoms with Crippen molar-refractivity contribution < 1.29 is 8.42 Å². The van der Waals surface area contributed by atoms with E-state index in [-0.39, 0.29) is 0 Å². The Bertz CT molecular complexity index is 759. The van der Waals surface area contributed by atoms with Crippen molar-refractivity contribution in [1.29, 1.82) is 0 Å². The monoisotopic (exact) mass is 305 g/mol. The minimum absolute atomic E-state index is 0.301. The number of rotatable bonds is 4. The van der Waals surface area contributed by atoms with Crippen molar-refractivity contribution in [2.75, 3.05) is 12.0 Å². The van der Waals surface area contributed by atoms with Gasteiger partial charge in [0, 0.05) is 18.0 Å². The van der Waals surface area contributed by atoms with Crippen LogP contribution in [0.15, 0.2) is 35.4 Å². The predicted molar refractivity (Wildman–Crippen MR) is 82.6 cm³/mol. The largest absolute Gasteiger partial charge is 0.396 e. The molecule has 1 atom stereocenters. The molecular weight excluding hydrogens is 286 g/mol. The van der Waals surface area contributed by atoms with Crippen molar-refractivity contribution in [3.63, 3.8) is 0 Å². The molecule has 0 aliphatic heterocycles. The van der Waals surface area contributed by atoms with Gasteiger partial charge in [0.25, 0.3) is 0 Å². The summed E-state index contributed by atoms with van der Waals surface area (Å²) < 4.78 is 24.9. The van der Waals surface area contributed by atoms with Crippen molar-refractivity contribution in [2.45, 2.75) is 30.7 Å². The third kappa shape index (κ3) is 2.81. The lowest BCUT2D eigenvalue weighted by atomic mass is 10.1. The minimum atomic E-state index is -3.18. The zero-order chi connectivity index (χ0) is 15.2. The number of hydrogen-bond donors (Lipinski definition) is 1. The van der Waals surface area contributed by atoms with Crippen LogP contribution in [-0.2, 0) is 9.84 Å². The van der Waals surface area contributed by atoms with Crippen LogP contribution in [0, 0.1) is 5.92 Å². The van der Waals surface area contributed by atoms with Crippen LogP contribution in [0.5, 0.6) is 0 Å². The molecular formula is C15H19N3O2S. The fraction of sp³-hybridized carbons (Fsp3) is 0.400. The van der Waals surface area contributed by atoms with E-state index in [4.69, 9.17) is 5.73 Å². The Morgan fingerprint density at radius 3 is 2.43 bits per heavy atom. The molecule has 1 aliphatic carbocycles. The number of aromatic nitrogens is 2. The zero-order valence-electron chi connectivity index (χ0n) is 12.2. The molecule has 0 spiro atoms. The average Bonchev–Trinajstić information content (AvgIpc) is 3.20. The molecule has 0 bridgehead atoms. The molecule has 1 heterocycles. The van der Waals surface area contributed by atoms with Crippen LogP contribution in [0.1, 0.15) is 25.8 Å². The molecule has 112 valence electrons. The molecule has 1 aromatic carbocycles. The Morgan fingerprint density at radius 2 is 1.90 bits per heavy atom. The molecule has 5 nitrogen and oxygen atoms in total. The molecule has 1 fully saturated rings. The van der Waals surface area contributed by atoms with Crippen LogP contribution in [0.3, 0.4) is 0 Å². The lowest BCUT2D eigenvalue weighted by Crippen LogP contribution is -2.07. The van der Waals surface area contributed by atoms with Gasteiger partial charge in [0.2, 0.25) is 0 Å². The number of nitrogens with two attached hydrogens (primary N) is 1. The topological polar surface area (TPSA) is 78.0 Å². The summed E-state index contributed by atoms with van der Waals surface area (Å²) in [5.74, 6) is 0.699. The van der Waals surface area contributed by atoms with Gasteiger partial charge < -0.3 is 5.73 Å². The first-order valence-electron chi connectivity index (χ1n) is 7.01. The number of sulfone groups is 1. The van der Waals surface area contributed by atoms with E-state index in [0.29, 0.717) is 28.2 Å². The number of hydrogen-bond acceptors (Lipinski definition) is 4. The van der Waals surface area contributed by atoms with Gasteiger partial charge in [-0.05, 0) is 37.8 Å². The maximum absolute atomic E-state index is 11.5. The fourth-order valence-electron chi connectivity index (χ4n) is 2.49. The van der Waals surface area contributed by atoms with Crippen molar-refractivity contribution in [3.05, 3.63) is 30.5 Å². The van der Waals surface area contributed by atoms with E-state index in [1.54, 1.807) is 24.3 Å². The van der Waals surface area contributed by atoms with Crippen molar-refractivity contribution in [3.8, 4) is 11.3 Å². The standard InChI is InChI=1S/C15H19N3O2S/c1-10(11-3-4-11)18-9-14(16)15(17-18)12-5-7-13(8-6-12)21(2,19)20/h5-11H,3-4,16H2,1-2H3. The molecule has 2 aromatic rings. The molecule has 0 saturated heterocycles. The van der Waals surface area contributed by atoms with Crippen LogP contribution in [0.25, 0.3) is 11.3 Å². The van der Waals surface area contributed by atoms with Crippen LogP contribution in [-0.4, -0.2) is 24.5 Å². The van der Waals surface area contributed by atoms with E-state index >= 15 is 0 Å². The summed E-state index contributed by atoms with van der Waals surface area (Å²) in [6.07, 6.45) is 5.56. The van der Waals surface area contributed by atoms with E-state index in [1.165, 1.54) is 19.1 Å². The van der Waals surface area contributed by atoms with Gasteiger partial charge in [0.15, 0.2) is 9.84 Å². The van der Waals surface area contributed by atoms with Crippen LogP contribution >= 0.6 is 0 Å². The van der Waals surface area contributed by atoms with Gasteiger partial charge in [0.05, 0.1) is 16.6 Å². The van der Waals surface area contributed by atoms with Gasteiger partial charge in [-0.25, -0.2) is 8.42 Å². The number of anilines is 1. The first kappa shape index (κ1) is 14.1. The summed E-state index contributed by atoms with van der Waals surface area (Å²) in [7, 11) is -3.18. The highest BCUT2D eigenvalue weighted by atomic mass is 32.2. The fourth-order valence-corrected chi connectivity index (χ4v) is 3.12. The molecule has 1 aromatic heterocycles. The number of nitrogens with zero attached hydrogens (tertiary/aromatic N) is 2. The molecule has 3 rings (SSSR count). The minimum Gasteiger partial charge on any atom is -0.396 e. The van der Waals surface area contributed by atoms with Crippen molar-refractivity contribution in [1.82, 2.24) is 9.78 Å². The summed E-state index contributed by atoms with van der Waals surface area (Å²) in [6.45, 7) is 2.15. The Kier molecular flexibility index (Phi) is 3.28. The lowest BCUT2D eigenvalue weighted by molar-refractivity contribution is 0.441. The first-order chi connectivity index (χ1) is 9.86. The summed E-state index contributed by atoms with van der Waals surface area (Å²) in [5.41, 5.74) is 8.22. The maximum Gasteiger partial charge on any atom is 0.175 e. The van der Waals surface area contributed by atoms with Crippen molar-refractivity contribution in [2.24, 2.45) is 5.92 Å². The highest BCUT2D eigenvalue weighted by molar-refractivity contribution is 7.90. The van der Waals surface area contributed by atoms with Gasteiger partial charge in [-0.2, -0.15) is 5.10 Å². The van der Waals surface area contributed by atoms with Crippen molar-refractivity contribution >= 4 is 15.5 Å². The summed E-state index contributed by atoms with van der Waals surface area (Å²) in [4.78, 5) is 0.301. The van der Waals surface area contributed by atoms with Crippen LogP contribution < -0.4 is 5.73 Å². The normalized spacial score (nSPS) is 16.9. The maximum atomic E-state index is 11.5. The quantitative estimate of drug-likeness (QED) is 0.941. The Hall–Kier alpha value is -1.82. The third-order valence-corrected chi connectivity index (χ3v) is 5.17. The van der Waals surface area contributed by atoms with E-state index in [2.05, 4.69) is 12.0 Å². The van der Waals surface area contributed by atoms with Gasteiger partial charge in [-0.3, -0.25) is 4.68 Å². The van der Waals surface area contributed by atoms with E-state index in [9.17, 15) is 8.42 Å². The smallest absolute Gasteiger partial charge is 0.175 e. The van der Waals surface area contributed by atoms with Crippen LogP contribution in [0.4, 0.5) is 5.69 Å². The summed E-state index contributed by atoms with van der Waals surface area (Å²) in [5, 5.41) is 4.58. The molecule has 21 heavy (non-hydrogen) atoms. The van der Waals surface area contributed by atoms with E-state index < -0.39 is 9.84 Å². The SMILES string of the molecule is CC(C1CC1)n1cc(N)c(-c2ccc(S(C)(=O)=O)cc2)n1. The predicted octanol–water partition coefficient (Wildman–Crippen LogP) is 2.51. The molecule has 6 heteroatoms. The van der Waals surface area contributed by atoms with Gasteiger partial charge in [-0.1, -0.05) is 12.1 Å². The second-order valence-electron chi connectivity index (χ2n) is 5.79. The second kappa shape index (κ2) is 4.87. The Morgan fingerprint density at radius 1 is 1.29 bits per heavy atom. The number of benzene rings is 1. The third-order valence-electron chi connectivity index (χ3n) is 4.04. The molecule has 1 saturated carbocycles. The zero-order valence-corrected chi connectivity index (χ0v) is 13.0. The highest BCUT2D eigenvalue weighted by Crippen LogP contribution is 2.40. The number of nitrogen functional groups attached to an aromatic ring is 1. The molecule has 1 unspecified atom stereocenters. The first-order valence-corrected chi connectivity index (χ1v) is 8.90. The Labute approximate surface area is 124 Å². The molecule has 1 aliphatic rings. The van der Waals surface area contributed by atoms with Crippen LogP contribution in [0.2, 0.25) is 0 Å². The van der Waals surface area contributed by atoms with E-state index in [0.717, 1.165) is 5.56 Å². The Balaban J connectivity index is 1.93. The molecule has 2 N–H and O–H groups in total. The lowest BCUT2D eigenvalue weighted by Gasteiger charge is -2.09. The second-order valence-corrected chi connectivity index (χ2v) is 7.80. The molecule has 0 radical (unpaired) electrons. The van der Waals surface area contributed by atoms with Gasteiger partial charge >= 0.3 is 0 Å².